The van der Waals surface area contributed by atoms with Gasteiger partial charge in [0, 0.05) is 5.69 Å². The molecule has 1 aliphatic rings. The van der Waals surface area contributed by atoms with E-state index in [9.17, 15) is 18.0 Å². The summed E-state index contributed by atoms with van der Waals surface area (Å²) in [7, 11) is 0. The third-order valence-corrected chi connectivity index (χ3v) is 5.55. The monoisotopic (exact) mass is 423 g/mol. The van der Waals surface area contributed by atoms with Crippen LogP contribution in [0.25, 0.3) is 0 Å². The molecule has 1 amide bonds. The summed E-state index contributed by atoms with van der Waals surface area (Å²) in [6, 6.07) is 14.0. The van der Waals surface area contributed by atoms with Gasteiger partial charge in [0.05, 0.1) is 5.56 Å². The maximum absolute atomic E-state index is 12.6. The number of halogens is 3. The van der Waals surface area contributed by atoms with Crippen molar-refractivity contribution in [1.29, 1.82) is 0 Å². The molecule has 5 nitrogen and oxygen atoms in total. The number of carbonyl (C=O) groups is 1. The fraction of sp³-hybridized carbons (Fsp3) is 0.409. The van der Waals surface area contributed by atoms with Crippen molar-refractivity contribution in [2.45, 2.75) is 19.1 Å². The summed E-state index contributed by atoms with van der Waals surface area (Å²) in [5.41, 5.74) is -0.351. The molecule has 3 N–H and O–H groups in total. The van der Waals surface area contributed by atoms with E-state index in [1.165, 1.54) is 21.9 Å². The van der Waals surface area contributed by atoms with Crippen molar-refractivity contribution < 1.29 is 32.5 Å². The van der Waals surface area contributed by atoms with E-state index >= 15 is 0 Å². The van der Waals surface area contributed by atoms with Crippen LogP contribution < -0.4 is 19.9 Å². The molecule has 0 unspecified atom stereocenters. The van der Waals surface area contributed by atoms with Gasteiger partial charge < -0.3 is 19.9 Å². The Morgan fingerprint density at radius 3 is 2.27 bits per heavy atom. The van der Waals surface area contributed by atoms with Gasteiger partial charge in [-0.3, -0.25) is 4.79 Å². The molecule has 3 rings (SSSR count). The van der Waals surface area contributed by atoms with E-state index in [4.69, 9.17) is 4.74 Å². The molecule has 1 saturated heterocycles. The lowest BCUT2D eigenvalue weighted by Gasteiger charge is -2.32. The number of ether oxygens (including phenoxy) is 1. The number of hydrogen-bond donors (Lipinski definition) is 3. The Morgan fingerprint density at radius 2 is 1.67 bits per heavy atom. The Morgan fingerprint density at radius 1 is 1.03 bits per heavy atom. The highest BCUT2D eigenvalue weighted by molar-refractivity contribution is 5.93. The first-order valence-corrected chi connectivity index (χ1v) is 10.2. The van der Waals surface area contributed by atoms with Gasteiger partial charge in [-0.05, 0) is 43.3 Å². The molecule has 30 heavy (non-hydrogen) atoms. The lowest BCUT2D eigenvalue weighted by molar-refractivity contribution is -1.02. The van der Waals surface area contributed by atoms with Crippen LogP contribution in [0, 0.1) is 0 Å². The molecule has 2 aromatic carbocycles. The smallest absolute Gasteiger partial charge is 0.416 e. The molecule has 0 aliphatic carbocycles. The third-order valence-electron chi connectivity index (χ3n) is 5.55. The summed E-state index contributed by atoms with van der Waals surface area (Å²) in [5, 5.41) is 2.73. The topological polar surface area (TPSA) is 47.2 Å². The van der Waals surface area contributed by atoms with E-state index in [1.54, 1.807) is 0 Å². The normalized spacial score (nSPS) is 20.4. The number of rotatable bonds is 7. The minimum atomic E-state index is -4.38. The molecule has 2 aromatic rings. The number of piperazine rings is 1. The van der Waals surface area contributed by atoms with Gasteiger partial charge >= 0.3 is 6.18 Å². The lowest BCUT2D eigenvalue weighted by atomic mass is 10.2. The van der Waals surface area contributed by atoms with E-state index < -0.39 is 11.7 Å². The van der Waals surface area contributed by atoms with Gasteiger partial charge in [-0.25, -0.2) is 0 Å². The minimum absolute atomic E-state index is 0.180. The van der Waals surface area contributed by atoms with Gasteiger partial charge in [0.15, 0.2) is 6.04 Å². The Kier molecular flexibility index (Phi) is 7.33. The number of quaternary nitrogens is 2. The molecule has 0 radical (unpaired) electrons. The molecule has 162 valence electrons. The summed E-state index contributed by atoms with van der Waals surface area (Å²) in [6.07, 6.45) is -4.38. The average molecular weight is 423 g/mol. The summed E-state index contributed by atoms with van der Waals surface area (Å²) >= 11 is 0. The van der Waals surface area contributed by atoms with E-state index in [0.717, 1.165) is 50.6 Å². The second kappa shape index (κ2) is 9.95. The van der Waals surface area contributed by atoms with Crippen LogP contribution in [0.2, 0.25) is 0 Å². The first-order valence-electron chi connectivity index (χ1n) is 10.2. The van der Waals surface area contributed by atoms with E-state index in [2.05, 4.69) is 5.32 Å². The van der Waals surface area contributed by atoms with E-state index in [-0.39, 0.29) is 11.9 Å². The quantitative estimate of drug-likeness (QED) is 0.620. The minimum Gasteiger partial charge on any atom is -0.488 e. The van der Waals surface area contributed by atoms with Gasteiger partial charge in [0.25, 0.3) is 5.91 Å². The third kappa shape index (κ3) is 6.21. The van der Waals surface area contributed by atoms with Crippen LogP contribution in [-0.4, -0.2) is 51.3 Å². The summed E-state index contributed by atoms with van der Waals surface area (Å²) in [5.74, 6) is 0.690. The molecule has 0 saturated carbocycles. The molecular formula is C22H28F3N3O2+2. The zero-order valence-corrected chi connectivity index (χ0v) is 17.0. The van der Waals surface area contributed by atoms with Crippen LogP contribution in [0.3, 0.4) is 0 Å². The van der Waals surface area contributed by atoms with Gasteiger partial charge in [-0.1, -0.05) is 18.2 Å². The Bertz CT molecular complexity index is 805. The first-order chi connectivity index (χ1) is 14.3. The molecule has 1 atom stereocenters. The predicted octanol–water partition coefficient (Wildman–Crippen LogP) is 0.895. The van der Waals surface area contributed by atoms with Crippen molar-refractivity contribution in [3.8, 4) is 5.75 Å². The zero-order chi connectivity index (χ0) is 21.6. The number of alkyl halides is 3. The van der Waals surface area contributed by atoms with Crippen LogP contribution in [0.1, 0.15) is 12.5 Å². The Labute approximate surface area is 174 Å². The molecular weight excluding hydrogens is 395 g/mol. The van der Waals surface area contributed by atoms with Crippen LogP contribution >= 0.6 is 0 Å². The van der Waals surface area contributed by atoms with Crippen LogP contribution in [-0.2, 0) is 11.0 Å². The van der Waals surface area contributed by atoms with Crippen LogP contribution in [0.4, 0.5) is 18.9 Å². The number of amides is 1. The van der Waals surface area contributed by atoms with Crippen molar-refractivity contribution in [2.24, 2.45) is 0 Å². The van der Waals surface area contributed by atoms with Crippen molar-refractivity contribution in [1.82, 2.24) is 0 Å². The average Bonchev–Trinajstić information content (AvgIpc) is 2.74. The number of carbonyl (C=O) groups excluding carboxylic acids is 1. The highest BCUT2D eigenvalue weighted by Gasteiger charge is 2.32. The lowest BCUT2D eigenvalue weighted by Crippen LogP contribution is -3.30. The number of benzene rings is 2. The molecule has 0 spiro atoms. The molecule has 1 aliphatic heterocycles. The van der Waals surface area contributed by atoms with Crippen LogP contribution in [0.15, 0.2) is 54.6 Å². The Hall–Kier alpha value is -2.58. The van der Waals surface area contributed by atoms with Gasteiger partial charge in [0.2, 0.25) is 0 Å². The molecule has 0 bridgehead atoms. The molecule has 1 heterocycles. The van der Waals surface area contributed by atoms with Crippen molar-refractivity contribution >= 4 is 11.6 Å². The number of hydrogen-bond acceptors (Lipinski definition) is 2. The van der Waals surface area contributed by atoms with Crippen molar-refractivity contribution in [2.75, 3.05) is 44.6 Å². The first kappa shape index (κ1) is 22.1. The zero-order valence-electron chi connectivity index (χ0n) is 17.0. The Balaban J connectivity index is 1.40. The maximum Gasteiger partial charge on any atom is 0.416 e. The summed E-state index contributed by atoms with van der Waals surface area (Å²) in [4.78, 5) is 15.2. The van der Waals surface area contributed by atoms with E-state index in [1.807, 2.05) is 37.3 Å². The van der Waals surface area contributed by atoms with Crippen molar-refractivity contribution in [3.05, 3.63) is 60.2 Å². The number of para-hydroxylation sites is 1. The fourth-order valence-corrected chi connectivity index (χ4v) is 3.62. The van der Waals surface area contributed by atoms with Gasteiger partial charge in [-0.2, -0.15) is 13.2 Å². The molecule has 8 heteroatoms. The highest BCUT2D eigenvalue weighted by atomic mass is 19.4. The molecule has 0 aromatic heterocycles. The fourth-order valence-electron chi connectivity index (χ4n) is 3.62. The summed E-state index contributed by atoms with van der Waals surface area (Å²) in [6.45, 7) is 7.05. The van der Waals surface area contributed by atoms with Gasteiger partial charge in [0.1, 0.15) is 45.1 Å². The summed E-state index contributed by atoms with van der Waals surface area (Å²) < 4.78 is 43.7. The standard InChI is InChI=1S/C22H26F3N3O2/c1-17(21(29)26-19-9-7-18(8-10-19)22(23,24)25)28-13-11-27(12-14-28)15-16-30-20-5-3-2-4-6-20/h2-10,17H,11-16H2,1H3,(H,26,29)/p+2/t17-/m1/s1. The predicted molar refractivity (Wildman–Crippen MR) is 108 cm³/mol. The largest absolute Gasteiger partial charge is 0.488 e. The second-order valence-electron chi connectivity index (χ2n) is 7.61. The second-order valence-corrected chi connectivity index (χ2v) is 7.61. The van der Waals surface area contributed by atoms with E-state index in [0.29, 0.717) is 12.3 Å². The van der Waals surface area contributed by atoms with Crippen LogP contribution in [0.5, 0.6) is 5.75 Å². The van der Waals surface area contributed by atoms with Gasteiger partial charge in [-0.15, -0.1) is 0 Å². The SMILES string of the molecule is C[C@H](C(=O)Nc1ccc(C(F)(F)F)cc1)[NH+]1CC[NH+](CCOc2ccccc2)CC1. The number of nitrogens with one attached hydrogen (secondary N) is 3. The number of anilines is 1. The molecule has 1 fully saturated rings. The van der Waals surface area contributed by atoms with Crippen molar-refractivity contribution in [3.63, 3.8) is 0 Å². The highest BCUT2D eigenvalue weighted by Crippen LogP contribution is 2.29. The maximum atomic E-state index is 12.6.